The van der Waals surface area contributed by atoms with Crippen molar-refractivity contribution < 1.29 is 14.3 Å². The van der Waals surface area contributed by atoms with Gasteiger partial charge in [-0.3, -0.25) is 4.79 Å². The summed E-state index contributed by atoms with van der Waals surface area (Å²) in [5.74, 6) is -0.751. The molecule has 0 saturated carbocycles. The molecule has 0 atom stereocenters. The molecule has 104 valence electrons. The van der Waals surface area contributed by atoms with Gasteiger partial charge in [-0.15, -0.1) is 0 Å². The van der Waals surface area contributed by atoms with Crippen LogP contribution in [0, 0.1) is 6.92 Å². The van der Waals surface area contributed by atoms with E-state index in [2.05, 4.69) is 6.58 Å². The Morgan fingerprint density at radius 1 is 1.35 bits per heavy atom. The van der Waals surface area contributed by atoms with Crippen molar-refractivity contribution in [3.05, 3.63) is 76.4 Å². The van der Waals surface area contributed by atoms with Crippen molar-refractivity contribution in [1.29, 1.82) is 0 Å². The van der Waals surface area contributed by atoms with Gasteiger partial charge in [0, 0.05) is 6.07 Å². The van der Waals surface area contributed by atoms with Crippen molar-refractivity contribution in [1.82, 2.24) is 0 Å². The van der Waals surface area contributed by atoms with E-state index < -0.39 is 11.4 Å². The number of carbonyl (C=O) groups is 1. The molecule has 1 aromatic heterocycles. The zero-order valence-electron chi connectivity index (χ0n) is 11.4. The molecule has 4 heteroatoms. The molecule has 0 fully saturated rings. The van der Waals surface area contributed by atoms with Crippen LogP contribution < -0.4 is 5.63 Å². The van der Waals surface area contributed by atoms with Gasteiger partial charge in [-0.1, -0.05) is 37.0 Å². The molecule has 1 heterocycles. The van der Waals surface area contributed by atoms with Crippen molar-refractivity contribution in [3.63, 3.8) is 0 Å². The second kappa shape index (κ2) is 7.09. The minimum Gasteiger partial charge on any atom is -0.507 e. The normalized spacial score (nSPS) is 12.2. The summed E-state index contributed by atoms with van der Waals surface area (Å²) in [6.45, 7) is 6.93. The van der Waals surface area contributed by atoms with E-state index in [1.807, 2.05) is 13.0 Å². The number of aryl methyl sites for hydroxylation is 1. The van der Waals surface area contributed by atoms with Gasteiger partial charge in [0.2, 0.25) is 0 Å². The number of aromatic hydroxyl groups is 1. The Balaban J connectivity index is 3.12. The van der Waals surface area contributed by atoms with E-state index in [-0.39, 0.29) is 17.1 Å². The molecule has 0 bridgehead atoms. The molecule has 0 unspecified atom stereocenters. The van der Waals surface area contributed by atoms with Gasteiger partial charge in [-0.05, 0) is 25.5 Å². The van der Waals surface area contributed by atoms with Gasteiger partial charge in [0.25, 0.3) is 0 Å². The Labute approximate surface area is 117 Å². The molecule has 0 aliphatic rings. The minimum atomic E-state index is -0.850. The number of ketones is 1. The number of rotatable bonds is 5. The SMILES string of the molecule is C=C/C=C(\C=C/C)/C=C/C(=O)c1c(O)cc(C)oc1=O. The second-order valence-electron chi connectivity index (χ2n) is 4.00. The van der Waals surface area contributed by atoms with E-state index in [0.29, 0.717) is 0 Å². The molecule has 0 spiro atoms. The maximum atomic E-state index is 11.9. The van der Waals surface area contributed by atoms with Gasteiger partial charge in [-0.2, -0.15) is 0 Å². The predicted octanol–water partition coefficient (Wildman–Crippen LogP) is 3.08. The van der Waals surface area contributed by atoms with Crippen LogP contribution in [0.2, 0.25) is 0 Å². The lowest BCUT2D eigenvalue weighted by Crippen LogP contribution is -2.13. The molecule has 0 aromatic carbocycles. The maximum Gasteiger partial charge on any atom is 0.351 e. The van der Waals surface area contributed by atoms with Gasteiger partial charge in [0.15, 0.2) is 5.78 Å². The quantitative estimate of drug-likeness (QED) is 0.508. The Bertz CT molecular complexity index is 658. The standard InChI is InChI=1S/C16H16O4/c1-4-6-12(7-5-2)8-9-13(17)15-14(18)10-11(3)20-16(15)19/h4-10,18H,1H2,2-3H3/b7-5-,9-8+,12-6+. The third kappa shape index (κ3) is 3.95. The predicted molar refractivity (Wildman–Crippen MR) is 77.9 cm³/mol. The molecule has 0 saturated heterocycles. The van der Waals surface area contributed by atoms with Crippen molar-refractivity contribution in [2.45, 2.75) is 13.8 Å². The van der Waals surface area contributed by atoms with Crippen LogP contribution in [0.3, 0.4) is 0 Å². The van der Waals surface area contributed by atoms with Crippen LogP contribution in [0.15, 0.2) is 63.9 Å². The van der Waals surface area contributed by atoms with Crippen LogP contribution >= 0.6 is 0 Å². The molecule has 0 aliphatic carbocycles. The van der Waals surface area contributed by atoms with E-state index in [9.17, 15) is 14.7 Å². The number of hydrogen-bond acceptors (Lipinski definition) is 4. The monoisotopic (exact) mass is 272 g/mol. The lowest BCUT2D eigenvalue weighted by atomic mass is 10.1. The Morgan fingerprint density at radius 2 is 2.05 bits per heavy atom. The second-order valence-corrected chi connectivity index (χ2v) is 4.00. The fourth-order valence-electron chi connectivity index (χ4n) is 1.57. The van der Waals surface area contributed by atoms with Gasteiger partial charge in [-0.25, -0.2) is 4.79 Å². The van der Waals surface area contributed by atoms with Gasteiger partial charge in [0.1, 0.15) is 17.1 Å². The Kier molecular flexibility index (Phi) is 5.47. The smallest absolute Gasteiger partial charge is 0.351 e. The summed E-state index contributed by atoms with van der Waals surface area (Å²) in [7, 11) is 0. The van der Waals surface area contributed by atoms with E-state index in [1.54, 1.807) is 18.2 Å². The van der Waals surface area contributed by atoms with Crippen LogP contribution in [0.5, 0.6) is 5.75 Å². The zero-order chi connectivity index (χ0) is 15.1. The van der Waals surface area contributed by atoms with Crippen LogP contribution in [0.25, 0.3) is 0 Å². The number of hydrogen-bond donors (Lipinski definition) is 1. The van der Waals surface area contributed by atoms with Crippen LogP contribution in [0.4, 0.5) is 0 Å². The molecule has 1 N–H and O–H groups in total. The first kappa shape index (κ1) is 15.4. The molecule has 0 amide bonds. The summed E-state index contributed by atoms with van der Waals surface area (Å²) < 4.78 is 4.80. The lowest BCUT2D eigenvalue weighted by molar-refractivity contribution is 0.104. The van der Waals surface area contributed by atoms with Crippen molar-refractivity contribution in [3.8, 4) is 5.75 Å². The van der Waals surface area contributed by atoms with E-state index in [0.717, 1.165) is 5.57 Å². The zero-order valence-corrected chi connectivity index (χ0v) is 11.4. The maximum absolute atomic E-state index is 11.9. The minimum absolute atomic E-state index is 0.245. The Morgan fingerprint density at radius 3 is 2.60 bits per heavy atom. The van der Waals surface area contributed by atoms with E-state index >= 15 is 0 Å². The van der Waals surface area contributed by atoms with Crippen molar-refractivity contribution >= 4 is 5.78 Å². The number of allylic oxidation sites excluding steroid dienone is 7. The number of carbonyl (C=O) groups excluding carboxylic acids is 1. The van der Waals surface area contributed by atoms with Crippen LogP contribution in [-0.4, -0.2) is 10.9 Å². The summed E-state index contributed by atoms with van der Waals surface area (Å²) in [6.07, 6.45) is 9.62. The average Bonchev–Trinajstić information content (AvgIpc) is 2.35. The Hall–Kier alpha value is -2.62. The van der Waals surface area contributed by atoms with Gasteiger partial charge in [0.05, 0.1) is 0 Å². The van der Waals surface area contributed by atoms with Crippen LogP contribution in [-0.2, 0) is 0 Å². The van der Waals surface area contributed by atoms with Gasteiger partial charge < -0.3 is 9.52 Å². The molecule has 0 aliphatic heterocycles. The topological polar surface area (TPSA) is 67.5 Å². The van der Waals surface area contributed by atoms with Crippen LogP contribution in [0.1, 0.15) is 23.0 Å². The highest BCUT2D eigenvalue weighted by atomic mass is 16.4. The molecule has 1 rings (SSSR count). The highest BCUT2D eigenvalue weighted by Gasteiger charge is 2.15. The van der Waals surface area contributed by atoms with Crippen molar-refractivity contribution in [2.75, 3.05) is 0 Å². The summed E-state index contributed by atoms with van der Waals surface area (Å²) in [6, 6.07) is 1.23. The molecule has 20 heavy (non-hydrogen) atoms. The lowest BCUT2D eigenvalue weighted by Gasteiger charge is -1.99. The highest BCUT2D eigenvalue weighted by molar-refractivity contribution is 6.06. The fraction of sp³-hybridized carbons (Fsp3) is 0.125. The van der Waals surface area contributed by atoms with E-state index in [4.69, 9.17) is 4.42 Å². The summed E-state index contributed by atoms with van der Waals surface area (Å²) >= 11 is 0. The first-order chi connectivity index (χ1) is 9.49. The average molecular weight is 272 g/mol. The fourth-order valence-corrected chi connectivity index (χ4v) is 1.57. The highest BCUT2D eigenvalue weighted by Crippen LogP contribution is 2.15. The first-order valence-electron chi connectivity index (χ1n) is 6.01. The molecule has 1 aromatic rings. The molecular weight excluding hydrogens is 256 g/mol. The van der Waals surface area contributed by atoms with E-state index in [1.165, 1.54) is 25.1 Å². The summed E-state index contributed by atoms with van der Waals surface area (Å²) in [5, 5.41) is 9.66. The molecular formula is C16H16O4. The summed E-state index contributed by atoms with van der Waals surface area (Å²) in [4.78, 5) is 23.5. The third-order valence-corrected chi connectivity index (χ3v) is 2.40. The summed E-state index contributed by atoms with van der Waals surface area (Å²) in [5.41, 5.74) is -0.477. The third-order valence-electron chi connectivity index (χ3n) is 2.40. The van der Waals surface area contributed by atoms with Gasteiger partial charge >= 0.3 is 5.63 Å². The first-order valence-corrected chi connectivity index (χ1v) is 6.01. The van der Waals surface area contributed by atoms with Crippen molar-refractivity contribution in [2.24, 2.45) is 0 Å². The molecule has 4 nitrogen and oxygen atoms in total. The molecule has 0 radical (unpaired) electrons. The largest absolute Gasteiger partial charge is 0.507 e.